The van der Waals surface area contributed by atoms with Gasteiger partial charge in [0.1, 0.15) is 11.3 Å². The number of rotatable bonds is 2. The number of fused-ring (bicyclic) bond motifs is 4. The Morgan fingerprint density at radius 1 is 1.24 bits per heavy atom. The second-order valence-corrected chi connectivity index (χ2v) is 9.10. The van der Waals surface area contributed by atoms with E-state index in [4.69, 9.17) is 9.47 Å². The Hall–Kier alpha value is -2.47. The molecule has 1 aromatic heterocycles. The zero-order valence-electron chi connectivity index (χ0n) is 16.8. The molecule has 4 heterocycles. The van der Waals surface area contributed by atoms with Crippen molar-refractivity contribution >= 4 is 11.6 Å². The van der Waals surface area contributed by atoms with Crippen LogP contribution in [-0.2, 0) is 15.1 Å². The van der Waals surface area contributed by atoms with Gasteiger partial charge in [-0.3, -0.25) is 4.79 Å². The molecule has 2 aromatic rings. The molecule has 3 aliphatic heterocycles. The highest BCUT2D eigenvalue weighted by Crippen LogP contribution is 2.50. The van der Waals surface area contributed by atoms with Crippen LogP contribution < -0.4 is 10.1 Å². The van der Waals surface area contributed by atoms with E-state index >= 15 is 0 Å². The molecule has 6 nitrogen and oxygen atoms in total. The molecular weight excluding hydrogens is 366 g/mol. The standard InChI is InChI=1S/C23H27N3O3/c1-28-17-6-7-19-18(13-17)24-23(20-3-2-10-26(19)20)14-22(29-15-23)8-11-25(12-9-22)21(27)16-4-5-16/h2-3,6-7,10,13,16,24H,4-5,8-9,11-12,14-15H2,1H3. The number of carbonyl (C=O) groups excluding carboxylic acids is 1. The normalized spacial score (nSPS) is 26.9. The first kappa shape index (κ1) is 17.4. The molecule has 4 aliphatic rings. The number of ether oxygens (including phenoxy) is 2. The number of nitrogens with zero attached hydrogens (tertiary/aromatic N) is 2. The highest BCUT2D eigenvalue weighted by molar-refractivity contribution is 5.81. The van der Waals surface area contributed by atoms with Crippen LogP contribution in [0.25, 0.3) is 5.69 Å². The van der Waals surface area contributed by atoms with Crippen LogP contribution in [-0.4, -0.2) is 47.8 Å². The van der Waals surface area contributed by atoms with Gasteiger partial charge < -0.3 is 24.3 Å². The zero-order valence-corrected chi connectivity index (χ0v) is 16.8. The lowest BCUT2D eigenvalue weighted by Gasteiger charge is -2.41. The Labute approximate surface area is 170 Å². The number of hydrogen-bond donors (Lipinski definition) is 1. The molecule has 0 bridgehead atoms. The maximum absolute atomic E-state index is 12.4. The highest BCUT2D eigenvalue weighted by atomic mass is 16.5. The molecule has 2 saturated heterocycles. The second-order valence-electron chi connectivity index (χ2n) is 9.10. The van der Waals surface area contributed by atoms with Crippen LogP contribution >= 0.6 is 0 Å². The third kappa shape index (κ3) is 2.61. The molecule has 1 amide bonds. The second kappa shape index (κ2) is 6.02. The molecule has 1 aromatic carbocycles. The van der Waals surface area contributed by atoms with Gasteiger partial charge in [0.05, 0.1) is 36.4 Å². The summed E-state index contributed by atoms with van der Waals surface area (Å²) in [5, 5.41) is 3.82. The lowest BCUT2D eigenvalue weighted by atomic mass is 9.79. The SMILES string of the molecule is COc1ccc2c(c1)NC1(COC3(CCN(C(=O)C4CC4)CC3)C1)c1cccn1-2. The molecule has 152 valence electrons. The van der Waals surface area contributed by atoms with Gasteiger partial charge in [0.15, 0.2) is 0 Å². The van der Waals surface area contributed by atoms with Crippen molar-refractivity contribution in [3.8, 4) is 11.4 Å². The van der Waals surface area contributed by atoms with Crippen LogP contribution in [0.2, 0.25) is 0 Å². The topological polar surface area (TPSA) is 55.7 Å². The van der Waals surface area contributed by atoms with Crippen molar-refractivity contribution in [1.82, 2.24) is 9.47 Å². The Morgan fingerprint density at radius 3 is 2.83 bits per heavy atom. The first-order valence-corrected chi connectivity index (χ1v) is 10.7. The molecular formula is C23H27N3O3. The van der Waals surface area contributed by atoms with Crippen molar-refractivity contribution in [2.45, 2.75) is 43.2 Å². The summed E-state index contributed by atoms with van der Waals surface area (Å²) < 4.78 is 14.3. The van der Waals surface area contributed by atoms with Crippen molar-refractivity contribution in [2.75, 3.05) is 32.1 Å². The molecule has 1 atom stereocenters. The van der Waals surface area contributed by atoms with Crippen LogP contribution in [0.15, 0.2) is 36.5 Å². The van der Waals surface area contributed by atoms with Gasteiger partial charge in [-0.25, -0.2) is 0 Å². The van der Waals surface area contributed by atoms with Gasteiger partial charge in [-0.1, -0.05) is 0 Å². The molecule has 6 rings (SSSR count). The number of likely N-dealkylation sites (tertiary alicyclic amines) is 1. The van der Waals surface area contributed by atoms with Gasteiger partial charge in [0.25, 0.3) is 0 Å². The summed E-state index contributed by atoms with van der Waals surface area (Å²) in [6.07, 6.45) is 7.03. The molecule has 1 unspecified atom stereocenters. The summed E-state index contributed by atoms with van der Waals surface area (Å²) in [6, 6.07) is 10.5. The smallest absolute Gasteiger partial charge is 0.225 e. The first-order chi connectivity index (χ1) is 14.1. The Bertz CT molecular complexity index is 971. The predicted molar refractivity (Wildman–Crippen MR) is 109 cm³/mol. The number of methoxy groups -OCH3 is 1. The van der Waals surface area contributed by atoms with Crippen LogP contribution in [0.3, 0.4) is 0 Å². The van der Waals surface area contributed by atoms with Crippen molar-refractivity contribution in [3.05, 3.63) is 42.2 Å². The molecule has 29 heavy (non-hydrogen) atoms. The number of hydrogen-bond acceptors (Lipinski definition) is 4. The summed E-state index contributed by atoms with van der Waals surface area (Å²) in [5.74, 6) is 1.51. The Balaban J connectivity index is 1.28. The van der Waals surface area contributed by atoms with E-state index < -0.39 is 0 Å². The molecule has 1 aliphatic carbocycles. The van der Waals surface area contributed by atoms with Crippen LogP contribution in [0.1, 0.15) is 37.8 Å². The minimum absolute atomic E-state index is 0.154. The van der Waals surface area contributed by atoms with Gasteiger partial charge in [-0.15, -0.1) is 0 Å². The average Bonchev–Trinajstić information content (AvgIpc) is 3.37. The van der Waals surface area contributed by atoms with Gasteiger partial charge in [-0.05, 0) is 49.9 Å². The summed E-state index contributed by atoms with van der Waals surface area (Å²) in [4.78, 5) is 14.5. The fourth-order valence-electron chi connectivity index (χ4n) is 5.47. The summed E-state index contributed by atoms with van der Waals surface area (Å²) >= 11 is 0. The molecule has 1 N–H and O–H groups in total. The molecule has 3 fully saturated rings. The summed E-state index contributed by atoms with van der Waals surface area (Å²) in [6.45, 7) is 2.28. The lowest BCUT2D eigenvalue weighted by Crippen LogP contribution is -2.48. The Kier molecular flexibility index (Phi) is 3.61. The Morgan fingerprint density at radius 2 is 2.07 bits per heavy atom. The van der Waals surface area contributed by atoms with Gasteiger partial charge in [0.2, 0.25) is 5.91 Å². The molecule has 0 radical (unpaired) electrons. The number of carbonyl (C=O) groups is 1. The van der Waals surface area contributed by atoms with Crippen molar-refractivity contribution < 1.29 is 14.3 Å². The van der Waals surface area contributed by atoms with Gasteiger partial charge >= 0.3 is 0 Å². The number of anilines is 1. The number of nitrogens with one attached hydrogen (secondary N) is 1. The third-order valence-electron chi connectivity index (χ3n) is 7.24. The average molecular weight is 393 g/mol. The van der Waals surface area contributed by atoms with E-state index in [0.29, 0.717) is 18.4 Å². The molecule has 1 saturated carbocycles. The van der Waals surface area contributed by atoms with Gasteiger partial charge in [0, 0.05) is 37.7 Å². The van der Waals surface area contributed by atoms with Crippen LogP contribution in [0, 0.1) is 5.92 Å². The van der Waals surface area contributed by atoms with Crippen molar-refractivity contribution in [2.24, 2.45) is 5.92 Å². The predicted octanol–water partition coefficient (Wildman–Crippen LogP) is 3.30. The van der Waals surface area contributed by atoms with E-state index in [1.165, 1.54) is 5.69 Å². The van der Waals surface area contributed by atoms with Crippen LogP contribution in [0.5, 0.6) is 5.75 Å². The van der Waals surface area contributed by atoms with Gasteiger partial charge in [-0.2, -0.15) is 0 Å². The number of piperidine rings is 1. The van der Waals surface area contributed by atoms with Crippen molar-refractivity contribution in [3.63, 3.8) is 0 Å². The number of benzene rings is 1. The fourth-order valence-corrected chi connectivity index (χ4v) is 5.47. The lowest BCUT2D eigenvalue weighted by molar-refractivity contribution is -0.137. The van der Waals surface area contributed by atoms with E-state index in [2.05, 4.69) is 45.2 Å². The minimum atomic E-state index is -0.245. The maximum atomic E-state index is 12.4. The number of aromatic nitrogens is 1. The van der Waals surface area contributed by atoms with E-state index in [1.807, 2.05) is 6.07 Å². The van der Waals surface area contributed by atoms with E-state index in [0.717, 1.165) is 62.3 Å². The summed E-state index contributed by atoms with van der Waals surface area (Å²) in [7, 11) is 1.70. The van der Waals surface area contributed by atoms with Crippen LogP contribution in [0.4, 0.5) is 5.69 Å². The first-order valence-electron chi connectivity index (χ1n) is 10.7. The fraction of sp³-hybridized carbons (Fsp3) is 0.522. The third-order valence-corrected chi connectivity index (χ3v) is 7.24. The van der Waals surface area contributed by atoms with E-state index in [9.17, 15) is 4.79 Å². The van der Waals surface area contributed by atoms with E-state index in [-0.39, 0.29) is 11.1 Å². The maximum Gasteiger partial charge on any atom is 0.225 e. The zero-order chi connectivity index (χ0) is 19.6. The summed E-state index contributed by atoms with van der Waals surface area (Å²) in [5.41, 5.74) is 3.07. The van der Waals surface area contributed by atoms with Crippen molar-refractivity contribution in [1.29, 1.82) is 0 Å². The quantitative estimate of drug-likeness (QED) is 0.851. The monoisotopic (exact) mass is 393 g/mol. The molecule has 6 heteroatoms. The number of amides is 1. The largest absolute Gasteiger partial charge is 0.497 e. The van der Waals surface area contributed by atoms with E-state index in [1.54, 1.807) is 7.11 Å². The molecule has 2 spiro atoms. The highest BCUT2D eigenvalue weighted by Gasteiger charge is 2.54. The minimum Gasteiger partial charge on any atom is -0.497 e.